The molecule has 1 aliphatic rings. The molecule has 0 unspecified atom stereocenters. The third-order valence-corrected chi connectivity index (χ3v) is 5.89. The predicted octanol–water partition coefficient (Wildman–Crippen LogP) is 1.50. The highest BCUT2D eigenvalue weighted by Gasteiger charge is 2.30. The van der Waals surface area contributed by atoms with Gasteiger partial charge in [-0.2, -0.15) is 5.10 Å². The van der Waals surface area contributed by atoms with Gasteiger partial charge in [-0.1, -0.05) is 0 Å². The zero-order chi connectivity index (χ0) is 14.8. The summed E-state index contributed by atoms with van der Waals surface area (Å²) >= 11 is 5.77. The van der Waals surface area contributed by atoms with Crippen molar-refractivity contribution in [1.29, 1.82) is 0 Å². The quantitative estimate of drug-likeness (QED) is 0.834. The van der Waals surface area contributed by atoms with E-state index in [4.69, 9.17) is 16.3 Å². The van der Waals surface area contributed by atoms with Gasteiger partial charge in [0.05, 0.1) is 17.3 Å². The van der Waals surface area contributed by atoms with Crippen molar-refractivity contribution in [1.82, 2.24) is 14.5 Å². The lowest BCUT2D eigenvalue weighted by Crippen LogP contribution is -2.34. The van der Waals surface area contributed by atoms with Crippen LogP contribution < -0.4 is 0 Å². The van der Waals surface area contributed by atoms with E-state index in [1.807, 2.05) is 0 Å². The summed E-state index contributed by atoms with van der Waals surface area (Å²) in [5.41, 5.74) is 0.905. The summed E-state index contributed by atoms with van der Waals surface area (Å²) < 4.78 is 32.0. The van der Waals surface area contributed by atoms with Crippen molar-refractivity contribution in [2.45, 2.75) is 30.5 Å². The Labute approximate surface area is 124 Å². The largest absolute Gasteiger partial charge is 0.381 e. The lowest BCUT2D eigenvalue weighted by molar-refractivity contribution is 0.0620. The molecule has 1 aromatic heterocycles. The van der Waals surface area contributed by atoms with Gasteiger partial charge in [-0.15, -0.1) is 11.6 Å². The van der Waals surface area contributed by atoms with Crippen LogP contribution in [0.1, 0.15) is 24.2 Å². The van der Waals surface area contributed by atoms with Crippen molar-refractivity contribution in [3.63, 3.8) is 0 Å². The molecule has 0 aliphatic carbocycles. The fraction of sp³-hybridized carbons (Fsp3) is 0.750. The van der Waals surface area contributed by atoms with Crippen molar-refractivity contribution in [2.24, 2.45) is 5.92 Å². The Morgan fingerprint density at radius 2 is 2.10 bits per heavy atom. The molecule has 114 valence electrons. The van der Waals surface area contributed by atoms with Crippen LogP contribution in [0, 0.1) is 12.8 Å². The Bertz CT molecular complexity index is 552. The van der Waals surface area contributed by atoms with Crippen LogP contribution in [0.5, 0.6) is 0 Å². The number of rotatable bonds is 5. The van der Waals surface area contributed by atoms with Gasteiger partial charge in [0.1, 0.15) is 4.90 Å². The summed E-state index contributed by atoms with van der Waals surface area (Å²) in [7, 11) is -1.95. The summed E-state index contributed by atoms with van der Waals surface area (Å²) in [6.07, 6.45) is 1.79. The molecule has 0 radical (unpaired) electrons. The number of hydrogen-bond donors (Lipinski definition) is 1. The molecule has 1 aromatic rings. The zero-order valence-corrected chi connectivity index (χ0v) is 13.3. The molecule has 0 saturated carbocycles. The van der Waals surface area contributed by atoms with Crippen LogP contribution in [0.25, 0.3) is 0 Å². The average Bonchev–Trinajstić information content (AvgIpc) is 2.81. The fourth-order valence-electron chi connectivity index (χ4n) is 2.45. The van der Waals surface area contributed by atoms with Gasteiger partial charge in [-0.25, -0.2) is 12.7 Å². The molecule has 2 heterocycles. The van der Waals surface area contributed by atoms with E-state index in [1.165, 1.54) is 4.31 Å². The Balaban J connectivity index is 2.18. The lowest BCUT2D eigenvalue weighted by Gasteiger charge is -2.26. The second-order valence-electron chi connectivity index (χ2n) is 5.10. The number of aromatic nitrogens is 2. The summed E-state index contributed by atoms with van der Waals surface area (Å²) in [4.78, 5) is 0.210. The van der Waals surface area contributed by atoms with E-state index in [-0.39, 0.29) is 10.8 Å². The number of ether oxygens (including phenoxy) is 1. The van der Waals surface area contributed by atoms with Gasteiger partial charge < -0.3 is 4.74 Å². The number of alkyl halides is 1. The summed E-state index contributed by atoms with van der Waals surface area (Å²) in [5.74, 6) is 0.416. The molecule has 0 atom stereocenters. The number of hydrogen-bond acceptors (Lipinski definition) is 4. The van der Waals surface area contributed by atoms with E-state index in [0.29, 0.717) is 37.1 Å². The minimum absolute atomic E-state index is 0.0734. The van der Waals surface area contributed by atoms with Crippen LogP contribution in [0.3, 0.4) is 0 Å². The highest BCUT2D eigenvalue weighted by Crippen LogP contribution is 2.25. The smallest absolute Gasteiger partial charge is 0.246 e. The summed E-state index contributed by atoms with van der Waals surface area (Å²) in [5, 5.41) is 6.64. The minimum Gasteiger partial charge on any atom is -0.381 e. The fourth-order valence-corrected chi connectivity index (χ4v) is 4.29. The maximum atomic E-state index is 12.6. The molecule has 1 saturated heterocycles. The molecule has 8 heteroatoms. The van der Waals surface area contributed by atoms with E-state index < -0.39 is 10.0 Å². The molecule has 6 nitrogen and oxygen atoms in total. The molecule has 0 amide bonds. The van der Waals surface area contributed by atoms with Crippen LogP contribution >= 0.6 is 11.6 Å². The molecule has 0 bridgehead atoms. The van der Waals surface area contributed by atoms with E-state index in [9.17, 15) is 8.42 Å². The number of aromatic amines is 1. The Morgan fingerprint density at radius 1 is 1.45 bits per heavy atom. The molecule has 1 fully saturated rings. The normalized spacial score (nSPS) is 17.8. The highest BCUT2D eigenvalue weighted by molar-refractivity contribution is 7.89. The van der Waals surface area contributed by atoms with Crippen LogP contribution in [0.4, 0.5) is 0 Å². The maximum absolute atomic E-state index is 12.6. The first-order valence-corrected chi connectivity index (χ1v) is 8.58. The van der Waals surface area contributed by atoms with Crippen LogP contribution in [0.15, 0.2) is 4.90 Å². The van der Waals surface area contributed by atoms with Gasteiger partial charge in [0.25, 0.3) is 0 Å². The van der Waals surface area contributed by atoms with E-state index in [2.05, 4.69) is 10.2 Å². The van der Waals surface area contributed by atoms with Crippen molar-refractivity contribution >= 4 is 21.6 Å². The van der Waals surface area contributed by atoms with Crippen LogP contribution in [-0.4, -0.2) is 49.7 Å². The van der Waals surface area contributed by atoms with Crippen LogP contribution in [0.2, 0.25) is 0 Å². The van der Waals surface area contributed by atoms with Gasteiger partial charge in [0, 0.05) is 26.8 Å². The van der Waals surface area contributed by atoms with Crippen molar-refractivity contribution < 1.29 is 13.2 Å². The molecule has 0 aromatic carbocycles. The summed E-state index contributed by atoms with van der Waals surface area (Å²) in [6, 6.07) is 0. The van der Waals surface area contributed by atoms with Crippen molar-refractivity contribution in [3.8, 4) is 0 Å². The summed E-state index contributed by atoms with van der Waals surface area (Å²) in [6.45, 7) is 3.60. The standard InChI is InChI=1S/C12H20ClN3O3S/c1-9-12(11(7-13)15-14-9)20(17,18)16(2)8-10-3-5-19-6-4-10/h10H,3-8H2,1-2H3,(H,14,15). The van der Waals surface area contributed by atoms with Gasteiger partial charge in [0.2, 0.25) is 10.0 Å². The molecule has 0 spiro atoms. The number of nitrogens with zero attached hydrogens (tertiary/aromatic N) is 2. The molecule has 2 rings (SSSR count). The SMILES string of the molecule is Cc1[nH]nc(CCl)c1S(=O)(=O)N(C)CC1CCOCC1. The molecule has 20 heavy (non-hydrogen) atoms. The van der Waals surface area contributed by atoms with Crippen molar-refractivity contribution in [2.75, 3.05) is 26.8 Å². The first kappa shape index (κ1) is 15.8. The topological polar surface area (TPSA) is 75.3 Å². The molecular weight excluding hydrogens is 302 g/mol. The first-order chi connectivity index (χ1) is 9.46. The Kier molecular flexibility index (Phi) is 5.06. The Hall–Kier alpha value is -0.630. The second kappa shape index (κ2) is 6.43. The second-order valence-corrected chi connectivity index (χ2v) is 7.35. The Morgan fingerprint density at radius 3 is 2.70 bits per heavy atom. The van der Waals surface area contributed by atoms with Gasteiger partial charge in [-0.3, -0.25) is 5.10 Å². The number of aryl methyl sites for hydroxylation is 1. The zero-order valence-electron chi connectivity index (χ0n) is 11.7. The molecular formula is C12H20ClN3O3S. The van der Waals surface area contributed by atoms with Crippen molar-refractivity contribution in [3.05, 3.63) is 11.4 Å². The van der Waals surface area contributed by atoms with Crippen LogP contribution in [-0.2, 0) is 20.6 Å². The predicted molar refractivity (Wildman–Crippen MR) is 76.2 cm³/mol. The van der Waals surface area contributed by atoms with Gasteiger partial charge in [0.15, 0.2) is 0 Å². The average molecular weight is 322 g/mol. The van der Waals surface area contributed by atoms with Gasteiger partial charge in [-0.05, 0) is 25.7 Å². The first-order valence-electron chi connectivity index (χ1n) is 6.60. The minimum atomic E-state index is -3.55. The van der Waals surface area contributed by atoms with E-state index in [0.717, 1.165) is 12.8 Å². The highest BCUT2D eigenvalue weighted by atomic mass is 35.5. The number of sulfonamides is 1. The number of nitrogens with one attached hydrogen (secondary N) is 1. The van der Waals surface area contributed by atoms with E-state index in [1.54, 1.807) is 14.0 Å². The third-order valence-electron chi connectivity index (χ3n) is 3.61. The molecule has 1 aliphatic heterocycles. The monoisotopic (exact) mass is 321 g/mol. The maximum Gasteiger partial charge on any atom is 0.246 e. The number of halogens is 1. The lowest BCUT2D eigenvalue weighted by atomic mass is 10.0. The van der Waals surface area contributed by atoms with Gasteiger partial charge >= 0.3 is 0 Å². The molecule has 1 N–H and O–H groups in total. The third kappa shape index (κ3) is 3.16. The van der Waals surface area contributed by atoms with E-state index >= 15 is 0 Å². The number of H-pyrrole nitrogens is 1.